The van der Waals surface area contributed by atoms with Crippen molar-refractivity contribution in [2.45, 2.75) is 13.0 Å². The lowest BCUT2D eigenvalue weighted by Crippen LogP contribution is -2.31. The van der Waals surface area contributed by atoms with Crippen molar-refractivity contribution in [3.8, 4) is 0 Å². The summed E-state index contributed by atoms with van der Waals surface area (Å²) in [4.78, 5) is 6.32. The molecule has 0 aromatic carbocycles. The van der Waals surface area contributed by atoms with Crippen LogP contribution in [-0.4, -0.2) is 36.6 Å². The van der Waals surface area contributed by atoms with Crippen LogP contribution in [0.5, 0.6) is 0 Å². The fraction of sp³-hybridized carbons (Fsp3) is 0.625. The van der Waals surface area contributed by atoms with Crippen molar-refractivity contribution in [2.75, 3.05) is 26.0 Å². The maximum atomic E-state index is 4.14. The van der Waals surface area contributed by atoms with Gasteiger partial charge in [0, 0.05) is 24.2 Å². The van der Waals surface area contributed by atoms with E-state index >= 15 is 0 Å². The highest BCUT2D eigenvalue weighted by Crippen LogP contribution is 2.10. The summed E-state index contributed by atoms with van der Waals surface area (Å²) in [6.07, 6.45) is 1.81. The van der Waals surface area contributed by atoms with E-state index in [1.54, 1.807) is 11.3 Å². The van der Waals surface area contributed by atoms with E-state index in [0.29, 0.717) is 6.04 Å². The number of rotatable bonds is 4. The Balaban J connectivity index is 2.27. The quantitative estimate of drug-likeness (QED) is 0.770. The van der Waals surface area contributed by atoms with Crippen molar-refractivity contribution >= 4 is 16.5 Å². The highest BCUT2D eigenvalue weighted by Gasteiger charge is 2.03. The Bertz CT molecular complexity index is 208. The topological polar surface area (TPSA) is 28.2 Å². The number of nitrogens with one attached hydrogen (secondary N) is 1. The van der Waals surface area contributed by atoms with Crippen LogP contribution >= 0.6 is 11.3 Å². The summed E-state index contributed by atoms with van der Waals surface area (Å²) >= 11 is 1.64. The third-order valence-electron chi connectivity index (χ3n) is 1.86. The minimum atomic E-state index is 0.536. The molecule has 3 nitrogen and oxygen atoms in total. The standard InChI is InChI=1S/C8H15N3S/c1-7(11(2)3)6-10-8-9-4-5-12-8/h4-5,7H,6H2,1-3H3,(H,9,10). The molecule has 0 fully saturated rings. The van der Waals surface area contributed by atoms with Crippen LogP contribution in [0, 0.1) is 0 Å². The SMILES string of the molecule is CC(CNc1nccs1)N(C)C. The molecule has 4 heteroatoms. The molecule has 0 bridgehead atoms. The molecule has 0 saturated heterocycles. The van der Waals surface area contributed by atoms with E-state index in [1.165, 1.54) is 0 Å². The molecule has 1 unspecified atom stereocenters. The zero-order chi connectivity index (χ0) is 8.97. The van der Waals surface area contributed by atoms with Gasteiger partial charge in [0.05, 0.1) is 0 Å². The van der Waals surface area contributed by atoms with Crippen molar-refractivity contribution < 1.29 is 0 Å². The summed E-state index contributed by atoms with van der Waals surface area (Å²) in [5.41, 5.74) is 0. The van der Waals surface area contributed by atoms with Gasteiger partial charge in [-0.15, -0.1) is 11.3 Å². The fourth-order valence-electron chi connectivity index (χ4n) is 0.728. The van der Waals surface area contributed by atoms with Crippen molar-refractivity contribution in [2.24, 2.45) is 0 Å². The zero-order valence-electron chi connectivity index (χ0n) is 7.74. The molecule has 1 atom stereocenters. The zero-order valence-corrected chi connectivity index (χ0v) is 8.56. The molecule has 0 saturated carbocycles. The smallest absolute Gasteiger partial charge is 0.182 e. The molecule has 1 heterocycles. The average Bonchev–Trinajstić information content (AvgIpc) is 2.51. The van der Waals surface area contributed by atoms with Gasteiger partial charge in [0.15, 0.2) is 5.13 Å². The van der Waals surface area contributed by atoms with Gasteiger partial charge in [0.2, 0.25) is 0 Å². The molecule has 1 N–H and O–H groups in total. The Hall–Kier alpha value is -0.610. The first-order valence-corrected chi connectivity index (χ1v) is 4.88. The predicted molar refractivity (Wildman–Crippen MR) is 53.8 cm³/mol. The number of anilines is 1. The van der Waals surface area contributed by atoms with Crippen molar-refractivity contribution in [3.05, 3.63) is 11.6 Å². The summed E-state index contributed by atoms with van der Waals surface area (Å²) < 4.78 is 0. The molecule has 0 aliphatic carbocycles. The van der Waals surface area contributed by atoms with Crippen LogP contribution in [0.3, 0.4) is 0 Å². The Labute approximate surface area is 77.4 Å². The van der Waals surface area contributed by atoms with E-state index in [1.807, 2.05) is 11.6 Å². The summed E-state index contributed by atoms with van der Waals surface area (Å²) in [6, 6.07) is 0.536. The Morgan fingerprint density at radius 3 is 2.92 bits per heavy atom. The van der Waals surface area contributed by atoms with Crippen LogP contribution in [-0.2, 0) is 0 Å². The van der Waals surface area contributed by atoms with Gasteiger partial charge in [0.25, 0.3) is 0 Å². The van der Waals surface area contributed by atoms with Crippen molar-refractivity contribution in [3.63, 3.8) is 0 Å². The first kappa shape index (κ1) is 9.48. The second-order valence-corrected chi connectivity index (χ2v) is 3.93. The Morgan fingerprint density at radius 1 is 1.67 bits per heavy atom. The first-order valence-electron chi connectivity index (χ1n) is 4.00. The molecule has 0 aliphatic heterocycles. The van der Waals surface area contributed by atoms with E-state index in [0.717, 1.165) is 11.7 Å². The second-order valence-electron chi connectivity index (χ2n) is 3.03. The maximum absolute atomic E-state index is 4.14. The summed E-state index contributed by atoms with van der Waals surface area (Å²) in [5, 5.41) is 6.25. The van der Waals surface area contributed by atoms with Gasteiger partial charge < -0.3 is 10.2 Å². The molecule has 68 valence electrons. The largest absolute Gasteiger partial charge is 0.360 e. The predicted octanol–water partition coefficient (Wildman–Crippen LogP) is 1.51. The molecule has 0 aliphatic rings. The number of aromatic nitrogens is 1. The summed E-state index contributed by atoms with van der Waals surface area (Å²) in [6.45, 7) is 3.13. The highest BCUT2D eigenvalue weighted by molar-refractivity contribution is 7.13. The van der Waals surface area contributed by atoms with Gasteiger partial charge in [-0.2, -0.15) is 0 Å². The molecule has 1 aromatic rings. The summed E-state index contributed by atoms with van der Waals surface area (Å²) in [7, 11) is 4.16. The molecule has 1 aromatic heterocycles. The Kier molecular flexibility index (Phi) is 3.49. The minimum Gasteiger partial charge on any atom is -0.360 e. The number of nitrogens with zero attached hydrogens (tertiary/aromatic N) is 2. The van der Waals surface area contributed by atoms with Crippen molar-refractivity contribution in [1.82, 2.24) is 9.88 Å². The van der Waals surface area contributed by atoms with Crippen molar-refractivity contribution in [1.29, 1.82) is 0 Å². The third-order valence-corrected chi connectivity index (χ3v) is 2.59. The van der Waals surface area contributed by atoms with Gasteiger partial charge in [-0.1, -0.05) is 0 Å². The number of hydrogen-bond donors (Lipinski definition) is 1. The molecule has 12 heavy (non-hydrogen) atoms. The van der Waals surface area contributed by atoms with Gasteiger partial charge in [0.1, 0.15) is 0 Å². The van der Waals surface area contributed by atoms with Crippen LogP contribution in [0.15, 0.2) is 11.6 Å². The van der Waals surface area contributed by atoms with E-state index in [2.05, 4.69) is 36.2 Å². The van der Waals surface area contributed by atoms with Crippen LogP contribution in [0.1, 0.15) is 6.92 Å². The number of hydrogen-bond acceptors (Lipinski definition) is 4. The number of likely N-dealkylation sites (N-methyl/N-ethyl adjacent to an activating group) is 1. The normalized spacial score (nSPS) is 13.3. The van der Waals surface area contributed by atoms with Gasteiger partial charge in [-0.3, -0.25) is 0 Å². The van der Waals surface area contributed by atoms with Crippen LogP contribution in [0.4, 0.5) is 5.13 Å². The monoisotopic (exact) mass is 185 g/mol. The molecule has 1 rings (SSSR count). The highest BCUT2D eigenvalue weighted by atomic mass is 32.1. The lowest BCUT2D eigenvalue weighted by atomic mass is 10.3. The molecule has 0 radical (unpaired) electrons. The Morgan fingerprint density at radius 2 is 2.42 bits per heavy atom. The van der Waals surface area contributed by atoms with Crippen LogP contribution < -0.4 is 5.32 Å². The molecular weight excluding hydrogens is 170 g/mol. The lowest BCUT2D eigenvalue weighted by molar-refractivity contribution is 0.326. The van der Waals surface area contributed by atoms with Crippen LogP contribution in [0.25, 0.3) is 0 Å². The molecule has 0 spiro atoms. The minimum absolute atomic E-state index is 0.536. The van der Waals surface area contributed by atoms with Crippen LogP contribution in [0.2, 0.25) is 0 Å². The van der Waals surface area contributed by atoms with E-state index in [9.17, 15) is 0 Å². The average molecular weight is 185 g/mol. The maximum Gasteiger partial charge on any atom is 0.182 e. The molecular formula is C8H15N3S. The summed E-state index contributed by atoms with van der Waals surface area (Å²) in [5.74, 6) is 0. The number of thiazole rings is 1. The van der Waals surface area contributed by atoms with Gasteiger partial charge in [-0.25, -0.2) is 4.98 Å². The van der Waals surface area contributed by atoms with Gasteiger partial charge >= 0.3 is 0 Å². The third kappa shape index (κ3) is 2.79. The van der Waals surface area contributed by atoms with E-state index in [-0.39, 0.29) is 0 Å². The van der Waals surface area contributed by atoms with E-state index < -0.39 is 0 Å². The fourth-order valence-corrected chi connectivity index (χ4v) is 1.27. The molecule has 0 amide bonds. The van der Waals surface area contributed by atoms with E-state index in [4.69, 9.17) is 0 Å². The lowest BCUT2D eigenvalue weighted by Gasteiger charge is -2.19. The first-order chi connectivity index (χ1) is 5.70. The second kappa shape index (κ2) is 4.42. The van der Waals surface area contributed by atoms with Gasteiger partial charge in [-0.05, 0) is 21.0 Å².